The maximum Gasteiger partial charge on any atom is 0.192 e. The molecule has 1 aliphatic rings. The normalized spacial score (nSPS) is 20.6. The third-order valence-electron chi connectivity index (χ3n) is 4.23. The van der Waals surface area contributed by atoms with Crippen LogP contribution in [-0.4, -0.2) is 18.3 Å². The molecule has 0 saturated carbocycles. The van der Waals surface area contributed by atoms with E-state index in [4.69, 9.17) is 4.43 Å². The van der Waals surface area contributed by atoms with Gasteiger partial charge in [-0.05, 0) is 37.4 Å². The number of rotatable bonds is 2. The summed E-state index contributed by atoms with van der Waals surface area (Å²) >= 11 is 0. The second-order valence-corrected chi connectivity index (χ2v) is 11.4. The van der Waals surface area contributed by atoms with E-state index in [0.717, 1.165) is 30.7 Å². The zero-order chi connectivity index (χ0) is 13.4. The first-order chi connectivity index (χ1) is 8.31. The zero-order valence-corrected chi connectivity index (χ0v) is 13.2. The lowest BCUT2D eigenvalue weighted by Crippen LogP contribution is -2.42. The van der Waals surface area contributed by atoms with Gasteiger partial charge in [-0.15, -0.1) is 0 Å². The van der Waals surface area contributed by atoms with Crippen molar-refractivity contribution in [3.8, 4) is 0 Å². The molecule has 1 unspecified atom stereocenters. The van der Waals surface area contributed by atoms with Gasteiger partial charge in [0.25, 0.3) is 0 Å². The van der Waals surface area contributed by atoms with Crippen LogP contribution in [-0.2, 0) is 10.8 Å². The molecule has 0 saturated heterocycles. The number of aromatic nitrogens is 2. The first-order valence-electron chi connectivity index (χ1n) is 6.79. The van der Waals surface area contributed by atoms with Crippen molar-refractivity contribution in [2.24, 2.45) is 0 Å². The molecule has 0 amide bonds. The van der Waals surface area contributed by atoms with Crippen LogP contribution < -0.4 is 0 Å². The third kappa shape index (κ3) is 2.64. The van der Waals surface area contributed by atoms with Gasteiger partial charge in [0.2, 0.25) is 0 Å². The van der Waals surface area contributed by atoms with Crippen LogP contribution in [0.2, 0.25) is 18.1 Å². The molecule has 0 radical (unpaired) electrons. The van der Waals surface area contributed by atoms with E-state index in [1.165, 1.54) is 0 Å². The van der Waals surface area contributed by atoms with Crippen molar-refractivity contribution >= 4 is 8.32 Å². The summed E-state index contributed by atoms with van der Waals surface area (Å²) < 4.78 is 6.51. The summed E-state index contributed by atoms with van der Waals surface area (Å²) in [5.74, 6) is 0. The Hall–Kier alpha value is -0.743. The highest BCUT2D eigenvalue weighted by Crippen LogP contribution is 2.41. The van der Waals surface area contributed by atoms with Crippen molar-refractivity contribution in [3.05, 3.63) is 23.8 Å². The third-order valence-corrected chi connectivity index (χ3v) is 8.72. The van der Waals surface area contributed by atoms with Crippen molar-refractivity contribution in [2.75, 3.05) is 0 Å². The standard InChI is InChI=1S/C14H24N2OSi/c1-14(2,3)18(4,5)17-12-8-6-7-11-13(12)16-10-9-15-11/h9-10,12H,6-8H2,1-5H3. The highest BCUT2D eigenvalue weighted by Gasteiger charge is 2.40. The van der Waals surface area contributed by atoms with Gasteiger partial charge in [0.15, 0.2) is 8.32 Å². The highest BCUT2D eigenvalue weighted by atomic mass is 28.4. The van der Waals surface area contributed by atoms with Crippen LogP contribution in [0.15, 0.2) is 12.4 Å². The van der Waals surface area contributed by atoms with E-state index in [1.54, 1.807) is 12.4 Å². The average molecular weight is 264 g/mol. The topological polar surface area (TPSA) is 35.0 Å². The molecule has 18 heavy (non-hydrogen) atoms. The fourth-order valence-electron chi connectivity index (χ4n) is 2.08. The Balaban J connectivity index is 2.22. The van der Waals surface area contributed by atoms with E-state index in [1.807, 2.05) is 0 Å². The second-order valence-electron chi connectivity index (χ2n) is 6.65. The molecular weight excluding hydrogens is 240 g/mol. The van der Waals surface area contributed by atoms with E-state index in [9.17, 15) is 0 Å². The molecule has 1 heterocycles. The van der Waals surface area contributed by atoms with Crippen LogP contribution in [0.25, 0.3) is 0 Å². The van der Waals surface area contributed by atoms with Crippen LogP contribution in [0.1, 0.15) is 51.1 Å². The lowest BCUT2D eigenvalue weighted by Gasteiger charge is -2.40. The Morgan fingerprint density at radius 2 is 1.89 bits per heavy atom. The molecule has 1 aromatic rings. The van der Waals surface area contributed by atoms with E-state index in [-0.39, 0.29) is 11.1 Å². The first-order valence-corrected chi connectivity index (χ1v) is 9.70. The minimum absolute atomic E-state index is 0.156. The van der Waals surface area contributed by atoms with Gasteiger partial charge in [0.1, 0.15) is 0 Å². The highest BCUT2D eigenvalue weighted by molar-refractivity contribution is 6.74. The molecule has 0 aromatic carbocycles. The number of aryl methyl sites for hydroxylation is 1. The smallest absolute Gasteiger partial charge is 0.192 e. The fraction of sp³-hybridized carbons (Fsp3) is 0.714. The Morgan fingerprint density at radius 1 is 1.22 bits per heavy atom. The number of fused-ring (bicyclic) bond motifs is 1. The molecule has 1 aromatic heterocycles. The van der Waals surface area contributed by atoms with Crippen LogP contribution in [0.5, 0.6) is 0 Å². The van der Waals surface area contributed by atoms with Crippen molar-refractivity contribution in [2.45, 2.75) is 64.3 Å². The zero-order valence-electron chi connectivity index (χ0n) is 12.2. The first kappa shape index (κ1) is 13.7. The number of hydrogen-bond donors (Lipinski definition) is 0. The minimum Gasteiger partial charge on any atom is -0.408 e. The maximum atomic E-state index is 6.51. The lowest BCUT2D eigenvalue weighted by atomic mass is 9.98. The van der Waals surface area contributed by atoms with Gasteiger partial charge in [-0.1, -0.05) is 20.8 Å². The lowest BCUT2D eigenvalue weighted by molar-refractivity contribution is 0.157. The second kappa shape index (κ2) is 4.74. The summed E-state index contributed by atoms with van der Waals surface area (Å²) in [5, 5.41) is 0.243. The van der Waals surface area contributed by atoms with Crippen LogP contribution in [0, 0.1) is 0 Å². The molecule has 4 heteroatoms. The predicted molar refractivity (Wildman–Crippen MR) is 76.0 cm³/mol. The Kier molecular flexibility index (Phi) is 3.60. The van der Waals surface area contributed by atoms with Gasteiger partial charge >= 0.3 is 0 Å². The quantitative estimate of drug-likeness (QED) is 0.760. The fourth-order valence-corrected chi connectivity index (χ4v) is 3.37. The predicted octanol–water partition coefficient (Wildman–Crippen LogP) is 3.88. The summed E-state index contributed by atoms with van der Waals surface area (Å²) in [4.78, 5) is 8.94. The molecule has 2 rings (SSSR count). The largest absolute Gasteiger partial charge is 0.408 e. The van der Waals surface area contributed by atoms with Gasteiger partial charge in [-0.3, -0.25) is 9.97 Å². The SMILES string of the molecule is CC(C)(C)[Si](C)(C)OC1CCCc2nccnc21. The van der Waals surface area contributed by atoms with Crippen molar-refractivity contribution in [1.29, 1.82) is 0 Å². The summed E-state index contributed by atoms with van der Waals surface area (Å²) in [7, 11) is -1.73. The molecule has 3 nitrogen and oxygen atoms in total. The van der Waals surface area contributed by atoms with Gasteiger partial charge in [-0.2, -0.15) is 0 Å². The molecule has 0 fully saturated rings. The molecule has 1 atom stereocenters. The summed E-state index contributed by atoms with van der Waals surface area (Å²) in [5.41, 5.74) is 2.21. The molecule has 0 spiro atoms. The van der Waals surface area contributed by atoms with E-state index in [0.29, 0.717) is 0 Å². The van der Waals surface area contributed by atoms with Crippen LogP contribution >= 0.6 is 0 Å². The summed E-state index contributed by atoms with van der Waals surface area (Å²) in [6.45, 7) is 11.4. The van der Waals surface area contributed by atoms with E-state index >= 15 is 0 Å². The van der Waals surface area contributed by atoms with Crippen molar-refractivity contribution < 1.29 is 4.43 Å². The monoisotopic (exact) mass is 264 g/mol. The molecule has 100 valence electrons. The maximum absolute atomic E-state index is 6.51. The minimum atomic E-state index is -1.73. The molecular formula is C14H24N2OSi. The van der Waals surface area contributed by atoms with Crippen LogP contribution in [0.3, 0.4) is 0 Å². The molecule has 0 N–H and O–H groups in total. The van der Waals surface area contributed by atoms with Gasteiger partial charge in [0.05, 0.1) is 17.5 Å². The number of nitrogens with zero attached hydrogens (tertiary/aromatic N) is 2. The number of hydrogen-bond acceptors (Lipinski definition) is 3. The molecule has 0 bridgehead atoms. The Morgan fingerprint density at radius 3 is 2.56 bits per heavy atom. The van der Waals surface area contributed by atoms with E-state index in [2.05, 4.69) is 43.8 Å². The molecule has 1 aliphatic carbocycles. The summed E-state index contributed by atoms with van der Waals surface area (Å²) in [6.07, 6.45) is 7.01. The Bertz CT molecular complexity index is 426. The van der Waals surface area contributed by atoms with E-state index < -0.39 is 8.32 Å². The summed E-state index contributed by atoms with van der Waals surface area (Å²) in [6, 6.07) is 0. The van der Waals surface area contributed by atoms with Crippen LogP contribution in [0.4, 0.5) is 0 Å². The van der Waals surface area contributed by atoms with Gasteiger partial charge < -0.3 is 4.43 Å². The van der Waals surface area contributed by atoms with Gasteiger partial charge in [0, 0.05) is 12.4 Å². The van der Waals surface area contributed by atoms with Crippen molar-refractivity contribution in [1.82, 2.24) is 9.97 Å². The Labute approximate surface area is 111 Å². The molecule has 0 aliphatic heterocycles. The van der Waals surface area contributed by atoms with Crippen molar-refractivity contribution in [3.63, 3.8) is 0 Å². The van der Waals surface area contributed by atoms with Gasteiger partial charge in [-0.25, -0.2) is 0 Å². The average Bonchev–Trinajstić information content (AvgIpc) is 2.27.